The van der Waals surface area contributed by atoms with E-state index in [1.165, 1.54) is 10.8 Å². The van der Waals surface area contributed by atoms with Crippen molar-refractivity contribution in [3.05, 3.63) is 109 Å². The van der Waals surface area contributed by atoms with E-state index in [1.54, 1.807) is 0 Å². The zero-order valence-electron chi connectivity index (χ0n) is 25.6. The van der Waals surface area contributed by atoms with Crippen molar-refractivity contribution < 1.29 is 9.31 Å². The molecule has 218 valence electrons. The molecule has 1 saturated heterocycles. The van der Waals surface area contributed by atoms with Crippen LogP contribution in [-0.2, 0) is 9.31 Å². The molecule has 0 aliphatic carbocycles. The Labute approximate surface area is 260 Å². The number of H-pyrrole nitrogens is 1. The van der Waals surface area contributed by atoms with Crippen molar-refractivity contribution in [2.45, 2.75) is 38.9 Å². The molecule has 0 saturated carbocycles. The van der Waals surface area contributed by atoms with E-state index in [4.69, 9.17) is 19.3 Å². The Morgan fingerprint density at radius 1 is 0.600 bits per heavy atom. The Bertz CT molecular complexity index is 2440. The number of benzene rings is 5. The van der Waals surface area contributed by atoms with Gasteiger partial charge in [-0.15, -0.1) is 0 Å². The van der Waals surface area contributed by atoms with Crippen molar-refractivity contribution in [1.82, 2.24) is 19.5 Å². The van der Waals surface area contributed by atoms with Crippen LogP contribution in [0.2, 0.25) is 0 Å². The predicted molar refractivity (Wildman–Crippen MR) is 184 cm³/mol. The van der Waals surface area contributed by atoms with Crippen molar-refractivity contribution >= 4 is 67.1 Å². The molecular weight excluding hydrogens is 555 g/mol. The summed E-state index contributed by atoms with van der Waals surface area (Å²) in [5, 5.41) is 5.63. The van der Waals surface area contributed by atoms with Gasteiger partial charge in [-0.2, -0.15) is 0 Å². The zero-order chi connectivity index (χ0) is 30.5. The summed E-state index contributed by atoms with van der Waals surface area (Å²) in [7, 11) is -0.462. The molecule has 7 heteroatoms. The quantitative estimate of drug-likeness (QED) is 0.212. The van der Waals surface area contributed by atoms with Gasteiger partial charge in [-0.25, -0.2) is 9.97 Å². The second-order valence-electron chi connectivity index (χ2n) is 13.0. The number of aromatic amines is 1. The zero-order valence-corrected chi connectivity index (χ0v) is 25.6. The first-order chi connectivity index (χ1) is 21.8. The Morgan fingerprint density at radius 3 is 2.09 bits per heavy atom. The minimum atomic E-state index is -0.462. The number of hydrogen-bond donors (Lipinski definition) is 1. The lowest BCUT2D eigenvalue weighted by Gasteiger charge is -2.32. The van der Waals surface area contributed by atoms with Crippen LogP contribution in [0.5, 0.6) is 0 Å². The minimum Gasteiger partial charge on any atom is -0.399 e. The van der Waals surface area contributed by atoms with Crippen LogP contribution in [0.3, 0.4) is 0 Å². The van der Waals surface area contributed by atoms with E-state index in [1.807, 2.05) is 18.2 Å². The maximum atomic E-state index is 6.47. The van der Waals surface area contributed by atoms with Crippen LogP contribution in [0.1, 0.15) is 27.7 Å². The molecule has 6 nitrogen and oxygen atoms in total. The van der Waals surface area contributed by atoms with Crippen molar-refractivity contribution in [1.29, 1.82) is 0 Å². The number of para-hydroxylation sites is 2. The summed E-state index contributed by atoms with van der Waals surface area (Å²) in [5.74, 6) is 0.631. The number of rotatable bonds is 3. The molecular formula is C38H31BN4O2. The lowest BCUT2D eigenvalue weighted by molar-refractivity contribution is 0.00578. The van der Waals surface area contributed by atoms with E-state index < -0.39 is 18.3 Å². The molecule has 0 atom stereocenters. The summed E-state index contributed by atoms with van der Waals surface area (Å²) in [6.07, 6.45) is 0. The molecule has 9 rings (SSSR count). The van der Waals surface area contributed by atoms with Gasteiger partial charge < -0.3 is 14.3 Å². The van der Waals surface area contributed by atoms with Gasteiger partial charge in [0, 0.05) is 43.5 Å². The fraction of sp³-hybridized carbons (Fsp3) is 0.158. The summed E-state index contributed by atoms with van der Waals surface area (Å²) < 4.78 is 15.1. The largest absolute Gasteiger partial charge is 0.494 e. The molecule has 45 heavy (non-hydrogen) atoms. The van der Waals surface area contributed by atoms with Crippen LogP contribution in [-0.4, -0.2) is 37.8 Å². The maximum absolute atomic E-state index is 6.47. The number of fused-ring (bicyclic) bond motifs is 7. The first kappa shape index (κ1) is 26.4. The number of nitrogens with one attached hydrogen (secondary N) is 1. The highest BCUT2D eigenvalue weighted by Gasteiger charge is 2.51. The SMILES string of the molecule is CC1(C)OB(c2ccc3c(c2)c2cc4c(cc2n3-c2nc(-c3ccccc3)c3ccccc3n2)[nH]c2ccccc24)OC1(C)C. The standard InChI is InChI=1S/C38H31BN4O2/c1-37(2)38(3,4)45-39(44-37)24-18-19-33-28(20-24)29-21-27-25-14-8-10-16-30(25)40-32(27)22-34(29)43(33)36-41-31-17-11-9-15-26(31)35(42-36)23-12-6-5-7-13-23/h5-22,40H,1-4H3. The smallest absolute Gasteiger partial charge is 0.399 e. The molecule has 0 bridgehead atoms. The van der Waals surface area contributed by atoms with Crippen LogP contribution >= 0.6 is 0 Å². The highest BCUT2D eigenvalue weighted by molar-refractivity contribution is 6.62. The lowest BCUT2D eigenvalue weighted by Crippen LogP contribution is -2.41. The van der Waals surface area contributed by atoms with Gasteiger partial charge in [0.15, 0.2) is 0 Å². The molecule has 3 aromatic heterocycles. The summed E-state index contributed by atoms with van der Waals surface area (Å²) in [5.41, 5.74) is 7.24. The summed E-state index contributed by atoms with van der Waals surface area (Å²) in [6, 6.07) is 38.1. The van der Waals surface area contributed by atoms with Gasteiger partial charge in [0.1, 0.15) is 0 Å². The fourth-order valence-electron chi connectivity index (χ4n) is 6.70. The average molecular weight is 587 g/mol. The van der Waals surface area contributed by atoms with Gasteiger partial charge in [-0.1, -0.05) is 78.9 Å². The van der Waals surface area contributed by atoms with E-state index >= 15 is 0 Å². The second-order valence-corrected chi connectivity index (χ2v) is 13.0. The van der Waals surface area contributed by atoms with Gasteiger partial charge in [0.2, 0.25) is 5.95 Å². The highest BCUT2D eigenvalue weighted by Crippen LogP contribution is 2.39. The van der Waals surface area contributed by atoms with Crippen LogP contribution in [0.25, 0.3) is 71.7 Å². The minimum absolute atomic E-state index is 0.427. The van der Waals surface area contributed by atoms with E-state index in [0.717, 1.165) is 60.5 Å². The van der Waals surface area contributed by atoms with Crippen LogP contribution < -0.4 is 5.46 Å². The molecule has 0 amide bonds. The molecule has 0 spiro atoms. The molecule has 0 radical (unpaired) electrons. The Morgan fingerprint density at radius 2 is 1.29 bits per heavy atom. The lowest BCUT2D eigenvalue weighted by atomic mass is 9.78. The molecule has 1 aliphatic heterocycles. The normalized spacial score (nSPS) is 16.1. The molecule has 1 aliphatic rings. The predicted octanol–water partition coefficient (Wildman–Crippen LogP) is 8.33. The van der Waals surface area contributed by atoms with E-state index in [9.17, 15) is 0 Å². The van der Waals surface area contributed by atoms with E-state index in [2.05, 4.69) is 128 Å². The number of nitrogens with zero attached hydrogens (tertiary/aromatic N) is 3. The van der Waals surface area contributed by atoms with Crippen molar-refractivity contribution in [2.75, 3.05) is 0 Å². The Kier molecular flexibility index (Phi) is 5.44. The van der Waals surface area contributed by atoms with Crippen molar-refractivity contribution in [3.63, 3.8) is 0 Å². The first-order valence-corrected chi connectivity index (χ1v) is 15.4. The molecule has 0 unspecified atom stereocenters. The molecule has 8 aromatic rings. The number of hydrogen-bond acceptors (Lipinski definition) is 4. The van der Waals surface area contributed by atoms with Crippen LogP contribution in [0.4, 0.5) is 0 Å². The van der Waals surface area contributed by atoms with Gasteiger partial charge in [-0.3, -0.25) is 4.57 Å². The summed E-state index contributed by atoms with van der Waals surface area (Å²) in [4.78, 5) is 14.1. The van der Waals surface area contributed by atoms with E-state index in [0.29, 0.717) is 5.95 Å². The monoisotopic (exact) mass is 586 g/mol. The van der Waals surface area contributed by atoms with Gasteiger partial charge >= 0.3 is 7.12 Å². The van der Waals surface area contributed by atoms with Crippen LogP contribution in [0, 0.1) is 0 Å². The Hall–Kier alpha value is -4.98. The van der Waals surface area contributed by atoms with Gasteiger partial charge in [0.25, 0.3) is 0 Å². The van der Waals surface area contributed by atoms with Gasteiger partial charge in [0.05, 0.1) is 33.4 Å². The van der Waals surface area contributed by atoms with Gasteiger partial charge in [-0.05, 0) is 63.5 Å². The Balaban J connectivity index is 1.35. The van der Waals surface area contributed by atoms with Crippen molar-refractivity contribution in [2.24, 2.45) is 0 Å². The maximum Gasteiger partial charge on any atom is 0.494 e. The third-order valence-electron chi connectivity index (χ3n) is 9.78. The fourth-order valence-corrected chi connectivity index (χ4v) is 6.70. The highest BCUT2D eigenvalue weighted by atomic mass is 16.7. The topological polar surface area (TPSA) is 65.0 Å². The van der Waals surface area contributed by atoms with Crippen molar-refractivity contribution in [3.8, 4) is 17.2 Å². The number of aromatic nitrogens is 4. The molecule has 1 fully saturated rings. The average Bonchev–Trinajstić information content (AvgIpc) is 3.64. The summed E-state index contributed by atoms with van der Waals surface area (Å²) >= 11 is 0. The van der Waals surface area contributed by atoms with Crippen LogP contribution in [0.15, 0.2) is 109 Å². The second kappa shape index (κ2) is 9.27. The molecule has 1 N–H and O–H groups in total. The summed E-state index contributed by atoms with van der Waals surface area (Å²) in [6.45, 7) is 8.36. The third kappa shape index (κ3) is 3.91. The third-order valence-corrected chi connectivity index (χ3v) is 9.78. The first-order valence-electron chi connectivity index (χ1n) is 15.4. The molecule has 4 heterocycles. The van der Waals surface area contributed by atoms with E-state index in [-0.39, 0.29) is 0 Å². The molecule has 5 aromatic carbocycles.